The third-order valence-electron chi connectivity index (χ3n) is 2.51. The fourth-order valence-corrected chi connectivity index (χ4v) is 1.84. The first-order chi connectivity index (χ1) is 6.83. The molecule has 0 aliphatic rings. The number of carbonyl (C=O) groups excluding carboxylic acids is 1. The zero-order valence-electron chi connectivity index (χ0n) is 8.23. The molecule has 2 nitrogen and oxygen atoms in total. The lowest BCUT2D eigenvalue weighted by atomic mass is 10.1. The third-order valence-corrected chi connectivity index (χ3v) is 2.51. The molecular weight excluding hydrogens is 174 g/mol. The highest BCUT2D eigenvalue weighted by Gasteiger charge is 2.04. The normalized spacial score (nSPS) is 10.6. The van der Waals surface area contributed by atoms with Gasteiger partial charge in [-0.2, -0.15) is 0 Å². The van der Waals surface area contributed by atoms with Crippen LogP contribution in [0.3, 0.4) is 0 Å². The van der Waals surface area contributed by atoms with Crippen LogP contribution in [0.1, 0.15) is 12.0 Å². The van der Waals surface area contributed by atoms with Crippen molar-refractivity contribution in [2.75, 3.05) is 0 Å². The second-order valence-electron chi connectivity index (χ2n) is 3.49. The summed E-state index contributed by atoms with van der Waals surface area (Å²) < 4.78 is 2.11. The van der Waals surface area contributed by atoms with Crippen molar-refractivity contribution in [3.05, 3.63) is 36.0 Å². The number of hydrogen-bond acceptors (Lipinski definition) is 1. The standard InChI is InChI=1S/C12H13NO/c1-13-9-10(5-4-8-14)11-6-2-3-7-12(11)13/h2-3,6-9H,4-5H2,1H3. The zero-order chi connectivity index (χ0) is 9.97. The average Bonchev–Trinajstić information content (AvgIpc) is 2.54. The van der Waals surface area contributed by atoms with E-state index >= 15 is 0 Å². The fourth-order valence-electron chi connectivity index (χ4n) is 1.84. The molecule has 1 heterocycles. The van der Waals surface area contributed by atoms with Crippen LogP contribution in [-0.4, -0.2) is 10.9 Å². The van der Waals surface area contributed by atoms with Crippen molar-refractivity contribution in [3.63, 3.8) is 0 Å². The molecule has 14 heavy (non-hydrogen) atoms. The van der Waals surface area contributed by atoms with E-state index in [0.717, 1.165) is 12.7 Å². The van der Waals surface area contributed by atoms with Crippen LogP contribution in [-0.2, 0) is 18.3 Å². The van der Waals surface area contributed by atoms with Gasteiger partial charge in [-0.05, 0) is 18.1 Å². The van der Waals surface area contributed by atoms with E-state index in [1.54, 1.807) is 0 Å². The van der Waals surface area contributed by atoms with Gasteiger partial charge in [0.25, 0.3) is 0 Å². The van der Waals surface area contributed by atoms with Crippen molar-refractivity contribution in [1.82, 2.24) is 4.57 Å². The molecule has 0 radical (unpaired) electrons. The predicted molar refractivity (Wildman–Crippen MR) is 57.3 cm³/mol. The van der Waals surface area contributed by atoms with E-state index in [-0.39, 0.29) is 0 Å². The molecule has 0 N–H and O–H groups in total. The van der Waals surface area contributed by atoms with Crippen LogP contribution in [0.5, 0.6) is 0 Å². The largest absolute Gasteiger partial charge is 0.350 e. The highest BCUT2D eigenvalue weighted by molar-refractivity contribution is 5.84. The quantitative estimate of drug-likeness (QED) is 0.676. The molecule has 0 aliphatic carbocycles. The number of fused-ring (bicyclic) bond motifs is 1. The van der Waals surface area contributed by atoms with Crippen LogP contribution in [0, 0.1) is 0 Å². The van der Waals surface area contributed by atoms with E-state index in [9.17, 15) is 4.79 Å². The minimum Gasteiger partial charge on any atom is -0.350 e. The molecule has 1 aromatic heterocycles. The SMILES string of the molecule is Cn1cc(CCC=O)c2ccccc21. The van der Waals surface area contributed by atoms with Gasteiger partial charge < -0.3 is 9.36 Å². The summed E-state index contributed by atoms with van der Waals surface area (Å²) in [6.07, 6.45) is 4.52. The van der Waals surface area contributed by atoms with E-state index in [1.807, 2.05) is 19.2 Å². The van der Waals surface area contributed by atoms with Crippen LogP contribution < -0.4 is 0 Å². The molecule has 0 atom stereocenters. The van der Waals surface area contributed by atoms with Crippen LogP contribution >= 0.6 is 0 Å². The Hall–Kier alpha value is -1.57. The number of nitrogens with zero attached hydrogens (tertiary/aromatic N) is 1. The van der Waals surface area contributed by atoms with Gasteiger partial charge in [0.05, 0.1) is 0 Å². The maximum atomic E-state index is 10.3. The second kappa shape index (κ2) is 3.66. The van der Waals surface area contributed by atoms with E-state index in [0.29, 0.717) is 6.42 Å². The summed E-state index contributed by atoms with van der Waals surface area (Å²) in [5.41, 5.74) is 2.49. The molecule has 0 bridgehead atoms. The van der Waals surface area contributed by atoms with Crippen molar-refractivity contribution in [3.8, 4) is 0 Å². The van der Waals surface area contributed by atoms with Crippen LogP contribution in [0.2, 0.25) is 0 Å². The Kier molecular flexibility index (Phi) is 2.35. The minimum atomic E-state index is 0.605. The van der Waals surface area contributed by atoms with Gasteiger partial charge >= 0.3 is 0 Å². The number of benzene rings is 1. The Balaban J connectivity index is 2.49. The molecule has 72 valence electrons. The predicted octanol–water partition coefficient (Wildman–Crippen LogP) is 2.31. The Morgan fingerprint density at radius 3 is 2.93 bits per heavy atom. The Morgan fingerprint density at radius 2 is 2.14 bits per heavy atom. The second-order valence-corrected chi connectivity index (χ2v) is 3.49. The number of carbonyl (C=O) groups is 1. The van der Waals surface area contributed by atoms with Crippen molar-refractivity contribution < 1.29 is 4.79 Å². The Morgan fingerprint density at radius 1 is 1.36 bits per heavy atom. The van der Waals surface area contributed by atoms with Gasteiger partial charge in [-0.25, -0.2) is 0 Å². The Labute approximate surface area is 83.2 Å². The van der Waals surface area contributed by atoms with Gasteiger partial charge in [-0.15, -0.1) is 0 Å². The number of aryl methyl sites for hydroxylation is 2. The lowest BCUT2D eigenvalue weighted by molar-refractivity contribution is -0.107. The number of para-hydroxylation sites is 1. The highest BCUT2D eigenvalue weighted by atomic mass is 16.1. The number of hydrogen-bond donors (Lipinski definition) is 0. The first-order valence-electron chi connectivity index (χ1n) is 4.79. The number of aromatic nitrogens is 1. The zero-order valence-corrected chi connectivity index (χ0v) is 8.23. The smallest absolute Gasteiger partial charge is 0.120 e. The minimum absolute atomic E-state index is 0.605. The molecule has 0 amide bonds. The lowest BCUT2D eigenvalue weighted by Crippen LogP contribution is -1.84. The third kappa shape index (κ3) is 1.43. The van der Waals surface area contributed by atoms with E-state index in [4.69, 9.17) is 0 Å². The van der Waals surface area contributed by atoms with Crippen LogP contribution in [0.15, 0.2) is 30.5 Å². The molecule has 0 spiro atoms. The highest BCUT2D eigenvalue weighted by Crippen LogP contribution is 2.20. The molecule has 2 rings (SSSR count). The molecule has 1 aromatic carbocycles. The lowest BCUT2D eigenvalue weighted by Gasteiger charge is -1.94. The van der Waals surface area contributed by atoms with Crippen molar-refractivity contribution in [2.45, 2.75) is 12.8 Å². The maximum absolute atomic E-state index is 10.3. The monoisotopic (exact) mass is 187 g/mol. The summed E-state index contributed by atoms with van der Waals surface area (Å²) in [7, 11) is 2.03. The van der Waals surface area contributed by atoms with E-state index in [2.05, 4.69) is 22.9 Å². The summed E-state index contributed by atoms with van der Waals surface area (Å²) >= 11 is 0. The maximum Gasteiger partial charge on any atom is 0.120 e. The molecule has 2 heteroatoms. The summed E-state index contributed by atoms with van der Waals surface area (Å²) in [6, 6.07) is 8.27. The molecule has 0 saturated heterocycles. The molecule has 0 fully saturated rings. The van der Waals surface area contributed by atoms with Crippen molar-refractivity contribution in [2.24, 2.45) is 7.05 Å². The van der Waals surface area contributed by atoms with Crippen LogP contribution in [0.25, 0.3) is 10.9 Å². The first-order valence-corrected chi connectivity index (χ1v) is 4.79. The van der Waals surface area contributed by atoms with Gasteiger partial charge in [0.15, 0.2) is 0 Å². The van der Waals surface area contributed by atoms with Gasteiger partial charge in [-0.1, -0.05) is 18.2 Å². The summed E-state index contributed by atoms with van der Waals surface area (Å²) in [6.45, 7) is 0. The summed E-state index contributed by atoms with van der Waals surface area (Å²) in [4.78, 5) is 10.3. The fraction of sp³-hybridized carbons (Fsp3) is 0.250. The molecule has 0 unspecified atom stereocenters. The summed E-state index contributed by atoms with van der Waals surface area (Å²) in [5, 5.41) is 1.26. The molecule has 2 aromatic rings. The molecular formula is C12H13NO. The average molecular weight is 187 g/mol. The van der Waals surface area contributed by atoms with Gasteiger partial charge in [0, 0.05) is 30.6 Å². The van der Waals surface area contributed by atoms with Crippen LogP contribution in [0.4, 0.5) is 0 Å². The van der Waals surface area contributed by atoms with E-state index in [1.165, 1.54) is 16.5 Å². The topological polar surface area (TPSA) is 22.0 Å². The number of rotatable bonds is 3. The van der Waals surface area contributed by atoms with Crippen molar-refractivity contribution in [1.29, 1.82) is 0 Å². The van der Waals surface area contributed by atoms with Gasteiger partial charge in [0.1, 0.15) is 6.29 Å². The van der Waals surface area contributed by atoms with E-state index < -0.39 is 0 Å². The van der Waals surface area contributed by atoms with Gasteiger partial charge in [-0.3, -0.25) is 0 Å². The first kappa shape index (κ1) is 9.00. The van der Waals surface area contributed by atoms with Gasteiger partial charge in [0.2, 0.25) is 0 Å². The summed E-state index contributed by atoms with van der Waals surface area (Å²) in [5.74, 6) is 0. The number of aldehydes is 1. The molecule has 0 aliphatic heterocycles. The Bertz CT molecular complexity index is 456. The molecule has 0 saturated carbocycles. The van der Waals surface area contributed by atoms with Crippen molar-refractivity contribution >= 4 is 17.2 Å².